The first-order valence-electron chi connectivity index (χ1n) is 11.0. The maximum atomic E-state index is 12.8. The van der Waals surface area contributed by atoms with Crippen molar-refractivity contribution in [2.24, 2.45) is 0 Å². The van der Waals surface area contributed by atoms with Gasteiger partial charge in [0.25, 0.3) is 0 Å². The molecule has 0 saturated carbocycles. The number of Topliss-reactive ketones (excluding diaryl/α,β-unsaturated/α-hetero) is 1. The third kappa shape index (κ3) is 7.41. The van der Waals surface area contributed by atoms with Crippen LogP contribution in [-0.2, 0) is 36.9 Å². The van der Waals surface area contributed by atoms with Gasteiger partial charge in [-0.3, -0.25) is 14.4 Å². The molecule has 34 heavy (non-hydrogen) atoms. The summed E-state index contributed by atoms with van der Waals surface area (Å²) in [6.07, 6.45) is -0.439. The number of benzene rings is 2. The van der Waals surface area contributed by atoms with Gasteiger partial charge in [-0.15, -0.1) is 0 Å². The molecule has 1 aliphatic rings. The van der Waals surface area contributed by atoms with Crippen LogP contribution in [-0.4, -0.2) is 54.5 Å². The quantitative estimate of drug-likeness (QED) is 0.430. The minimum Gasteiger partial charge on any atom is -0.445 e. The molecule has 0 aliphatic carbocycles. The number of amides is 3. The van der Waals surface area contributed by atoms with Gasteiger partial charge in [-0.05, 0) is 31.4 Å². The first-order chi connectivity index (χ1) is 16.3. The van der Waals surface area contributed by atoms with Gasteiger partial charge < -0.3 is 25.4 Å². The van der Waals surface area contributed by atoms with Crippen molar-refractivity contribution in [3.63, 3.8) is 0 Å². The highest BCUT2D eigenvalue weighted by Gasteiger charge is 2.50. The molecule has 3 atom stereocenters. The van der Waals surface area contributed by atoms with Gasteiger partial charge in [0.2, 0.25) is 11.8 Å². The molecule has 2 aromatic carbocycles. The molecule has 1 fully saturated rings. The molecule has 2 aromatic rings. The van der Waals surface area contributed by atoms with Crippen molar-refractivity contribution in [3.8, 4) is 0 Å². The van der Waals surface area contributed by atoms with Crippen molar-refractivity contribution in [2.75, 3.05) is 13.2 Å². The summed E-state index contributed by atoms with van der Waals surface area (Å²) in [6, 6.07) is 16.7. The molecule has 0 radical (unpaired) electrons. The number of nitrogens with one attached hydrogen (secondary N) is 3. The Bertz CT molecular complexity index is 1010. The second-order valence-electron chi connectivity index (χ2n) is 8.34. The number of carbonyl (C=O) groups is 4. The number of hydrogen-bond acceptors (Lipinski definition) is 6. The molecule has 1 saturated heterocycles. The fraction of sp³-hybridized carbons (Fsp3) is 0.360. The highest BCUT2D eigenvalue weighted by Crippen LogP contribution is 2.29. The van der Waals surface area contributed by atoms with Crippen LogP contribution in [0.2, 0.25) is 0 Å². The van der Waals surface area contributed by atoms with Crippen LogP contribution >= 0.6 is 0 Å². The van der Waals surface area contributed by atoms with Crippen molar-refractivity contribution >= 4 is 23.7 Å². The molecule has 0 bridgehead atoms. The Morgan fingerprint density at radius 2 is 1.56 bits per heavy atom. The molecular weight excluding hydrogens is 438 g/mol. The molecule has 9 nitrogen and oxygen atoms in total. The smallest absolute Gasteiger partial charge is 0.408 e. The summed E-state index contributed by atoms with van der Waals surface area (Å²) in [7, 11) is 0. The maximum absolute atomic E-state index is 12.8. The molecule has 3 N–H and O–H groups in total. The number of ether oxygens (including phenoxy) is 2. The van der Waals surface area contributed by atoms with Crippen LogP contribution in [0.3, 0.4) is 0 Å². The first-order valence-corrected chi connectivity index (χ1v) is 11.0. The van der Waals surface area contributed by atoms with E-state index in [1.807, 2.05) is 60.7 Å². The number of carbonyl (C=O) groups excluding carboxylic acids is 4. The molecule has 0 unspecified atom stereocenters. The van der Waals surface area contributed by atoms with E-state index in [9.17, 15) is 19.2 Å². The van der Waals surface area contributed by atoms with E-state index in [0.29, 0.717) is 13.0 Å². The average molecular weight is 468 g/mol. The van der Waals surface area contributed by atoms with Crippen LogP contribution in [0.5, 0.6) is 0 Å². The van der Waals surface area contributed by atoms with Gasteiger partial charge in [0.05, 0.1) is 19.2 Å². The zero-order valence-electron chi connectivity index (χ0n) is 19.2. The molecule has 1 heterocycles. The van der Waals surface area contributed by atoms with Gasteiger partial charge in [-0.25, -0.2) is 4.79 Å². The second kappa shape index (κ2) is 11.4. The Balaban J connectivity index is 1.45. The van der Waals surface area contributed by atoms with E-state index in [-0.39, 0.29) is 18.9 Å². The van der Waals surface area contributed by atoms with E-state index in [1.54, 1.807) is 6.92 Å². The third-order valence-corrected chi connectivity index (χ3v) is 5.40. The Morgan fingerprint density at radius 3 is 2.15 bits per heavy atom. The lowest BCUT2D eigenvalue weighted by Crippen LogP contribution is -2.52. The number of ketones is 1. The van der Waals surface area contributed by atoms with Crippen LogP contribution in [0, 0.1) is 0 Å². The van der Waals surface area contributed by atoms with E-state index >= 15 is 0 Å². The van der Waals surface area contributed by atoms with Crippen LogP contribution in [0.15, 0.2) is 60.7 Å². The van der Waals surface area contributed by atoms with Gasteiger partial charge >= 0.3 is 6.09 Å². The minimum absolute atomic E-state index is 0.0723. The van der Waals surface area contributed by atoms with Gasteiger partial charge in [-0.2, -0.15) is 0 Å². The van der Waals surface area contributed by atoms with Gasteiger partial charge in [0.1, 0.15) is 18.2 Å². The monoisotopic (exact) mass is 467 g/mol. The Kier molecular flexibility index (Phi) is 8.37. The normalized spacial score (nSPS) is 18.2. The summed E-state index contributed by atoms with van der Waals surface area (Å²) in [4.78, 5) is 49.5. The predicted octanol–water partition coefficient (Wildman–Crippen LogP) is 1.50. The summed E-state index contributed by atoms with van der Waals surface area (Å²) in [5.41, 5.74) is 0.812. The number of rotatable bonds is 11. The summed E-state index contributed by atoms with van der Waals surface area (Å²) in [5.74, 6) is -1.30. The Hall–Kier alpha value is -3.72. The zero-order chi connectivity index (χ0) is 24.6. The topological polar surface area (TPSA) is 126 Å². The largest absolute Gasteiger partial charge is 0.445 e. The molecular formula is C25H29N3O6. The average Bonchev–Trinajstić information content (AvgIpc) is 3.60. The molecule has 180 valence electrons. The first kappa shape index (κ1) is 24.9. The summed E-state index contributed by atoms with van der Waals surface area (Å²) < 4.78 is 10.3. The lowest BCUT2D eigenvalue weighted by atomic mass is 9.95. The maximum Gasteiger partial charge on any atom is 0.408 e. The molecule has 0 spiro atoms. The zero-order valence-corrected chi connectivity index (χ0v) is 19.2. The fourth-order valence-corrected chi connectivity index (χ4v) is 3.25. The van der Waals surface area contributed by atoms with Crippen LogP contribution in [0.1, 0.15) is 25.0 Å². The fourth-order valence-electron chi connectivity index (χ4n) is 3.25. The summed E-state index contributed by atoms with van der Waals surface area (Å²) >= 11 is 0. The minimum atomic E-state index is -0.920. The van der Waals surface area contributed by atoms with E-state index in [4.69, 9.17) is 9.47 Å². The highest BCUT2D eigenvalue weighted by atomic mass is 16.6. The van der Waals surface area contributed by atoms with E-state index < -0.39 is 35.6 Å². The number of hydrogen-bond donors (Lipinski definition) is 3. The predicted molar refractivity (Wildman–Crippen MR) is 124 cm³/mol. The van der Waals surface area contributed by atoms with Crippen molar-refractivity contribution in [2.45, 2.75) is 44.6 Å². The lowest BCUT2D eigenvalue weighted by Gasteiger charge is -2.20. The second-order valence-corrected chi connectivity index (χ2v) is 8.34. The van der Waals surface area contributed by atoms with Crippen LogP contribution in [0.25, 0.3) is 0 Å². The van der Waals surface area contributed by atoms with Gasteiger partial charge in [0.15, 0.2) is 5.78 Å². The number of epoxide rings is 1. The van der Waals surface area contributed by atoms with Crippen molar-refractivity contribution in [1.82, 2.24) is 16.0 Å². The summed E-state index contributed by atoms with van der Waals surface area (Å²) in [6.45, 7) is 3.20. The molecule has 0 aromatic heterocycles. The summed E-state index contributed by atoms with van der Waals surface area (Å²) in [5, 5.41) is 7.57. The molecule has 1 aliphatic heterocycles. The van der Waals surface area contributed by atoms with E-state index in [2.05, 4.69) is 16.0 Å². The molecule has 9 heteroatoms. The van der Waals surface area contributed by atoms with Gasteiger partial charge in [0, 0.05) is 0 Å². The van der Waals surface area contributed by atoms with Crippen molar-refractivity contribution < 1.29 is 28.7 Å². The van der Waals surface area contributed by atoms with Crippen molar-refractivity contribution in [3.05, 3.63) is 71.8 Å². The highest BCUT2D eigenvalue weighted by molar-refractivity contribution is 5.97. The lowest BCUT2D eigenvalue weighted by molar-refractivity contribution is -0.131. The van der Waals surface area contributed by atoms with E-state index in [1.165, 1.54) is 6.92 Å². The number of alkyl carbamates (subject to hydrolysis) is 1. The Morgan fingerprint density at radius 1 is 0.971 bits per heavy atom. The van der Waals surface area contributed by atoms with E-state index in [0.717, 1.165) is 11.1 Å². The molecule has 3 amide bonds. The van der Waals surface area contributed by atoms with Crippen molar-refractivity contribution in [1.29, 1.82) is 0 Å². The Labute approximate surface area is 198 Å². The van der Waals surface area contributed by atoms with Gasteiger partial charge in [-0.1, -0.05) is 60.7 Å². The molecule has 3 rings (SSSR count). The SMILES string of the molecule is C[C@@H](NC(=O)OCc1ccccc1)C(=O)NCC(=O)N[C@@H](Cc1ccccc1)C(=O)[C@@]1(C)CO1. The third-order valence-electron chi connectivity index (χ3n) is 5.40. The van der Waals surface area contributed by atoms with Crippen LogP contribution < -0.4 is 16.0 Å². The van der Waals surface area contributed by atoms with Crippen LogP contribution in [0.4, 0.5) is 4.79 Å². The standard InChI is InChI=1S/C25H29N3O6/c1-17(27-24(32)33-15-19-11-7-4-8-12-19)23(31)26-14-21(29)28-20(22(30)25(2)16-34-25)13-18-9-5-3-6-10-18/h3-12,17,20H,13-16H2,1-2H3,(H,26,31)(H,27,32)(H,28,29)/t17-,20+,25-/m1/s1.